The fourth-order valence-electron chi connectivity index (χ4n) is 5.63. The molecule has 0 radical (unpaired) electrons. The van der Waals surface area contributed by atoms with Crippen molar-refractivity contribution in [2.75, 3.05) is 39.8 Å². The predicted octanol–water partition coefficient (Wildman–Crippen LogP) is -6.03. The van der Waals surface area contributed by atoms with Gasteiger partial charge in [-0.15, -0.1) is 0 Å². The van der Waals surface area contributed by atoms with Crippen LogP contribution < -0.4 is 38.9 Å². The van der Waals surface area contributed by atoms with Gasteiger partial charge in [0.25, 0.3) is 0 Å². The van der Waals surface area contributed by atoms with E-state index >= 15 is 0 Å². The molecule has 1 unspecified atom stereocenters. The summed E-state index contributed by atoms with van der Waals surface area (Å²) < 4.78 is 23.9. The molecule has 16 N–H and O–H groups in total. The zero-order valence-electron chi connectivity index (χ0n) is 24.7. The van der Waals surface area contributed by atoms with E-state index in [0.29, 0.717) is 12.2 Å². The second-order valence-corrected chi connectivity index (χ2v) is 11.6. The Labute approximate surface area is 251 Å². The van der Waals surface area contributed by atoms with Crippen LogP contribution in [0.15, 0.2) is 11.8 Å². The number of carbonyl (C=O) groups excluding carboxylic acids is 1. The lowest BCUT2D eigenvalue weighted by Gasteiger charge is -2.49. The summed E-state index contributed by atoms with van der Waals surface area (Å²) in [5.41, 5.74) is 21.9. The number of nitrogens with two attached hydrogens (primary N) is 4. The minimum Gasteiger partial charge on any atom is -0.467 e. The number of nitrogens with one attached hydrogen (secondary N) is 3. The summed E-state index contributed by atoms with van der Waals surface area (Å²) in [7, 11) is 1.57. The molecule has 1 saturated carbocycles. The third-order valence-electron chi connectivity index (χ3n) is 8.10. The maximum atomic E-state index is 12.7. The summed E-state index contributed by atoms with van der Waals surface area (Å²) in [4.78, 5) is 12.7. The van der Waals surface area contributed by atoms with E-state index < -0.39 is 84.9 Å². The van der Waals surface area contributed by atoms with E-state index in [-0.39, 0.29) is 45.6 Å². The first kappa shape index (κ1) is 35.9. The number of ether oxygens (including phenoxy) is 4. The van der Waals surface area contributed by atoms with Crippen LogP contribution in [0.2, 0.25) is 0 Å². The molecule has 2 aliphatic heterocycles. The van der Waals surface area contributed by atoms with E-state index in [0.717, 1.165) is 0 Å². The van der Waals surface area contributed by atoms with Gasteiger partial charge in [-0.25, -0.2) is 0 Å². The SMILES string of the molecule is CN[C@@H]1[C@@H](O)[C@@H](O[C@@H]2[C@@H](O)[C@H](O[C@H]3OC(CN)=CC[C@H]3NCC(O)CN)[C@@H](N)C[C@H]2NC(=O)[C@@H](O)CCN)OC[C@]1(C)O. The molecule has 1 saturated heterocycles. The van der Waals surface area contributed by atoms with Crippen molar-refractivity contribution in [1.82, 2.24) is 16.0 Å². The summed E-state index contributed by atoms with van der Waals surface area (Å²) in [6.45, 7) is 1.69. The van der Waals surface area contributed by atoms with Crippen molar-refractivity contribution in [2.24, 2.45) is 22.9 Å². The van der Waals surface area contributed by atoms with Gasteiger partial charge in [-0.1, -0.05) is 0 Å². The van der Waals surface area contributed by atoms with E-state index in [1.54, 1.807) is 13.1 Å². The fraction of sp³-hybridized carbons (Fsp3) is 0.885. The Morgan fingerprint density at radius 1 is 1.14 bits per heavy atom. The maximum Gasteiger partial charge on any atom is 0.249 e. The van der Waals surface area contributed by atoms with Crippen LogP contribution in [0.3, 0.4) is 0 Å². The van der Waals surface area contributed by atoms with Crippen LogP contribution in [0.1, 0.15) is 26.2 Å². The molecule has 0 bridgehead atoms. The fourth-order valence-corrected chi connectivity index (χ4v) is 5.63. The molecule has 250 valence electrons. The van der Waals surface area contributed by atoms with E-state index in [4.69, 9.17) is 41.9 Å². The topological polar surface area (TPSA) is 295 Å². The van der Waals surface area contributed by atoms with Crippen LogP contribution in [-0.4, -0.2) is 150 Å². The first-order valence-electron chi connectivity index (χ1n) is 14.7. The summed E-state index contributed by atoms with van der Waals surface area (Å²) in [5, 5.41) is 62.1. The molecule has 2 heterocycles. The number of amides is 1. The first-order valence-corrected chi connectivity index (χ1v) is 14.7. The van der Waals surface area contributed by atoms with E-state index in [1.807, 2.05) is 0 Å². The number of likely N-dealkylation sites (N-methyl/N-ethyl adjacent to an activating group) is 1. The van der Waals surface area contributed by atoms with Gasteiger partial charge in [0.15, 0.2) is 6.29 Å². The molecule has 43 heavy (non-hydrogen) atoms. The number of carbonyl (C=O) groups is 1. The molecular formula is C26H51N7O10. The zero-order valence-corrected chi connectivity index (χ0v) is 24.7. The van der Waals surface area contributed by atoms with Crippen molar-refractivity contribution in [1.29, 1.82) is 0 Å². The zero-order chi connectivity index (χ0) is 31.9. The highest BCUT2D eigenvalue weighted by molar-refractivity contribution is 5.80. The van der Waals surface area contributed by atoms with Crippen molar-refractivity contribution in [3.8, 4) is 0 Å². The Kier molecular flexibility index (Phi) is 13.5. The molecule has 3 rings (SSSR count). The number of aliphatic hydroxyl groups is 5. The van der Waals surface area contributed by atoms with E-state index in [2.05, 4.69) is 16.0 Å². The Bertz CT molecular complexity index is 918. The average Bonchev–Trinajstić information content (AvgIpc) is 2.97. The molecular weight excluding hydrogens is 570 g/mol. The van der Waals surface area contributed by atoms with E-state index in [9.17, 15) is 30.3 Å². The molecule has 1 aliphatic carbocycles. The minimum atomic E-state index is -1.49. The molecule has 0 spiro atoms. The standard InChI is InChI=1S/C26H51N7O10/c1-26(39)11-40-25(19(37)22(26)31-2)43-21-16(33-23(38)17(35)5-6-27)7-14(30)20(18(21)36)42-24-15(32-10-12(34)8-28)4-3-13(9-29)41-24/h3,12,14-22,24-25,31-32,34-37,39H,4-11,27-30H2,1-2H3,(H,33,38)/t12?,14-,15+,16+,17-,18-,19+,20+,21-,22+,24+,25+,26-/m0/s1. The molecule has 0 aromatic rings. The van der Waals surface area contributed by atoms with Crippen molar-refractivity contribution in [2.45, 2.75) is 105 Å². The Balaban J connectivity index is 1.84. The lowest BCUT2D eigenvalue weighted by molar-refractivity contribution is -0.304. The van der Waals surface area contributed by atoms with Crippen molar-refractivity contribution >= 4 is 5.91 Å². The van der Waals surface area contributed by atoms with Crippen LogP contribution in [-0.2, 0) is 23.7 Å². The van der Waals surface area contributed by atoms with Gasteiger partial charge in [-0.05, 0) is 45.9 Å². The highest BCUT2D eigenvalue weighted by atomic mass is 16.7. The van der Waals surface area contributed by atoms with Crippen LogP contribution in [0.4, 0.5) is 0 Å². The lowest BCUT2D eigenvalue weighted by atomic mass is 9.83. The predicted molar refractivity (Wildman–Crippen MR) is 153 cm³/mol. The summed E-state index contributed by atoms with van der Waals surface area (Å²) in [5.74, 6) is -0.267. The Hall–Kier alpha value is -1.55. The van der Waals surface area contributed by atoms with Gasteiger partial charge in [0.05, 0.1) is 37.4 Å². The Morgan fingerprint density at radius 3 is 2.47 bits per heavy atom. The largest absolute Gasteiger partial charge is 0.467 e. The highest BCUT2D eigenvalue weighted by Gasteiger charge is 2.52. The lowest BCUT2D eigenvalue weighted by Crippen LogP contribution is -2.69. The van der Waals surface area contributed by atoms with Gasteiger partial charge >= 0.3 is 0 Å². The maximum absolute atomic E-state index is 12.7. The van der Waals surface area contributed by atoms with E-state index in [1.165, 1.54) is 6.92 Å². The van der Waals surface area contributed by atoms with Gasteiger partial charge in [0.2, 0.25) is 12.2 Å². The Morgan fingerprint density at radius 2 is 1.84 bits per heavy atom. The van der Waals surface area contributed by atoms with Crippen LogP contribution in [0.5, 0.6) is 0 Å². The third kappa shape index (κ3) is 9.01. The second-order valence-electron chi connectivity index (χ2n) is 11.6. The van der Waals surface area contributed by atoms with Crippen LogP contribution >= 0.6 is 0 Å². The van der Waals surface area contributed by atoms with Gasteiger partial charge in [-0.2, -0.15) is 0 Å². The molecule has 0 aromatic heterocycles. The highest BCUT2D eigenvalue weighted by Crippen LogP contribution is 2.32. The number of hydrogen-bond donors (Lipinski definition) is 12. The quantitative estimate of drug-likeness (QED) is 0.0859. The van der Waals surface area contributed by atoms with Gasteiger partial charge in [0.1, 0.15) is 41.9 Å². The first-order chi connectivity index (χ1) is 20.4. The third-order valence-corrected chi connectivity index (χ3v) is 8.10. The minimum absolute atomic E-state index is 0.0110. The van der Waals surface area contributed by atoms with Crippen molar-refractivity contribution in [3.05, 3.63) is 11.8 Å². The molecule has 13 atom stereocenters. The normalized spacial score (nSPS) is 39.8. The monoisotopic (exact) mass is 621 g/mol. The number of hydrogen-bond acceptors (Lipinski definition) is 16. The number of rotatable bonds is 14. The van der Waals surface area contributed by atoms with Crippen LogP contribution in [0.25, 0.3) is 0 Å². The number of aliphatic hydroxyl groups excluding tert-OH is 4. The smallest absolute Gasteiger partial charge is 0.249 e. The summed E-state index contributed by atoms with van der Waals surface area (Å²) >= 11 is 0. The molecule has 17 heteroatoms. The molecule has 2 fully saturated rings. The van der Waals surface area contributed by atoms with Crippen LogP contribution in [0, 0.1) is 0 Å². The van der Waals surface area contributed by atoms with Gasteiger partial charge in [-0.3, -0.25) is 4.79 Å². The average molecular weight is 622 g/mol. The van der Waals surface area contributed by atoms with Crippen molar-refractivity contribution < 1.29 is 49.3 Å². The van der Waals surface area contributed by atoms with Crippen molar-refractivity contribution in [3.63, 3.8) is 0 Å². The van der Waals surface area contributed by atoms with Gasteiger partial charge in [0, 0.05) is 19.1 Å². The second kappa shape index (κ2) is 16.1. The summed E-state index contributed by atoms with van der Waals surface area (Å²) in [6, 6.07) is -3.08. The molecule has 17 nitrogen and oxygen atoms in total. The molecule has 1 amide bonds. The molecule has 0 aromatic carbocycles. The molecule has 3 aliphatic rings. The summed E-state index contributed by atoms with van der Waals surface area (Å²) in [6.07, 6.45) is -7.39. The van der Waals surface area contributed by atoms with Gasteiger partial charge < -0.3 is 83.4 Å².